The summed E-state index contributed by atoms with van der Waals surface area (Å²) in [7, 11) is 5.35. The number of nitrogens with zero attached hydrogens (tertiary/aromatic N) is 1. The Bertz CT molecular complexity index is 369. The Labute approximate surface area is 103 Å². The molecule has 94 valence electrons. The van der Waals surface area contributed by atoms with E-state index in [4.69, 9.17) is 9.47 Å². The molecule has 1 saturated heterocycles. The number of anilines is 1. The molecule has 1 aromatic rings. The van der Waals surface area contributed by atoms with Gasteiger partial charge in [0.1, 0.15) is 0 Å². The van der Waals surface area contributed by atoms with Crippen molar-refractivity contribution in [1.29, 1.82) is 0 Å². The first-order valence-electron chi connectivity index (χ1n) is 5.82. The Hall–Kier alpha value is -1.10. The third kappa shape index (κ3) is 2.29. The summed E-state index contributed by atoms with van der Waals surface area (Å²) in [5.41, 5.74) is 2.56. The number of hydrogen-bond acceptors (Lipinski definition) is 4. The van der Waals surface area contributed by atoms with E-state index in [-0.39, 0.29) is 0 Å². The van der Waals surface area contributed by atoms with E-state index in [1.54, 1.807) is 14.2 Å². The van der Waals surface area contributed by atoms with Crippen molar-refractivity contribution in [2.45, 2.75) is 12.3 Å². The molecule has 0 unspecified atom stereocenters. The number of benzene rings is 1. The summed E-state index contributed by atoms with van der Waals surface area (Å²) in [4.78, 5) is 2.28. The molecular weight excluding hydrogens is 216 g/mol. The molecule has 0 aliphatic carbocycles. The molecule has 1 fully saturated rings. The lowest BCUT2D eigenvalue weighted by Crippen LogP contribution is -2.64. The largest absolute Gasteiger partial charge is 0.360 e. The van der Waals surface area contributed by atoms with Crippen LogP contribution in [0.5, 0.6) is 0 Å². The molecular formula is C13H20N2O2. The normalized spacial score (nSPS) is 17.9. The summed E-state index contributed by atoms with van der Waals surface area (Å²) in [5.74, 6) is -0.424. The Morgan fingerprint density at radius 1 is 1.24 bits per heavy atom. The SMILES string of the molecule is CNCc1ccccc1N1CC(OC)(OC)C1. The fraction of sp³-hybridized carbons (Fsp3) is 0.538. The highest BCUT2D eigenvalue weighted by Gasteiger charge is 2.44. The van der Waals surface area contributed by atoms with Crippen LogP contribution in [0.25, 0.3) is 0 Å². The number of ether oxygens (including phenoxy) is 2. The van der Waals surface area contributed by atoms with Crippen molar-refractivity contribution in [2.75, 3.05) is 39.3 Å². The van der Waals surface area contributed by atoms with E-state index in [1.807, 2.05) is 7.05 Å². The maximum atomic E-state index is 5.39. The summed E-state index contributed by atoms with van der Waals surface area (Å²) in [5, 5.41) is 3.19. The zero-order chi connectivity index (χ0) is 12.3. The molecule has 1 aromatic carbocycles. The second-order valence-corrected chi connectivity index (χ2v) is 4.33. The molecule has 0 amide bonds. The van der Waals surface area contributed by atoms with Crippen LogP contribution in [0.15, 0.2) is 24.3 Å². The topological polar surface area (TPSA) is 33.7 Å². The third-order valence-corrected chi connectivity index (χ3v) is 3.31. The quantitative estimate of drug-likeness (QED) is 0.779. The first-order chi connectivity index (χ1) is 8.24. The molecule has 4 nitrogen and oxygen atoms in total. The van der Waals surface area contributed by atoms with Crippen molar-refractivity contribution in [3.05, 3.63) is 29.8 Å². The van der Waals surface area contributed by atoms with Gasteiger partial charge in [0, 0.05) is 26.5 Å². The second kappa shape index (κ2) is 5.04. The Morgan fingerprint density at radius 3 is 2.47 bits per heavy atom. The minimum absolute atomic E-state index is 0.424. The number of rotatable bonds is 5. The molecule has 0 atom stereocenters. The minimum Gasteiger partial charge on any atom is -0.360 e. The van der Waals surface area contributed by atoms with Crippen LogP contribution in [0, 0.1) is 0 Å². The molecule has 4 heteroatoms. The predicted octanol–water partition coefficient (Wildman–Crippen LogP) is 1.22. The van der Waals surface area contributed by atoms with Gasteiger partial charge in [-0.3, -0.25) is 0 Å². The number of methoxy groups -OCH3 is 2. The second-order valence-electron chi connectivity index (χ2n) is 4.33. The number of hydrogen-bond donors (Lipinski definition) is 1. The van der Waals surface area contributed by atoms with Gasteiger partial charge >= 0.3 is 0 Å². The standard InChI is InChI=1S/C13H20N2O2/c1-14-8-11-6-4-5-7-12(11)15-9-13(10-15,16-2)17-3/h4-7,14H,8-10H2,1-3H3. The van der Waals surface area contributed by atoms with Crippen LogP contribution in [0.3, 0.4) is 0 Å². The van der Waals surface area contributed by atoms with Gasteiger partial charge in [-0.2, -0.15) is 0 Å². The van der Waals surface area contributed by atoms with Crippen molar-refractivity contribution >= 4 is 5.69 Å². The van der Waals surface area contributed by atoms with Crippen LogP contribution in [0.2, 0.25) is 0 Å². The van der Waals surface area contributed by atoms with Crippen LogP contribution in [-0.4, -0.2) is 40.1 Å². The lowest BCUT2D eigenvalue weighted by atomic mass is 10.0. The molecule has 1 heterocycles. The first kappa shape index (κ1) is 12.4. The summed E-state index contributed by atoms with van der Waals surface area (Å²) < 4.78 is 10.8. The fourth-order valence-corrected chi connectivity index (χ4v) is 2.21. The Kier molecular flexibility index (Phi) is 3.66. The van der Waals surface area contributed by atoms with Crippen LogP contribution in [-0.2, 0) is 16.0 Å². The van der Waals surface area contributed by atoms with Crippen LogP contribution >= 0.6 is 0 Å². The van der Waals surface area contributed by atoms with Crippen LogP contribution in [0.4, 0.5) is 5.69 Å². The molecule has 0 spiro atoms. The fourth-order valence-electron chi connectivity index (χ4n) is 2.21. The molecule has 1 aliphatic rings. The van der Waals surface area contributed by atoms with Crippen molar-refractivity contribution in [2.24, 2.45) is 0 Å². The molecule has 1 N–H and O–H groups in total. The first-order valence-corrected chi connectivity index (χ1v) is 5.82. The van der Waals surface area contributed by atoms with E-state index >= 15 is 0 Å². The Morgan fingerprint density at radius 2 is 1.88 bits per heavy atom. The van der Waals surface area contributed by atoms with Gasteiger partial charge in [-0.15, -0.1) is 0 Å². The van der Waals surface area contributed by atoms with E-state index in [2.05, 4.69) is 34.5 Å². The van der Waals surface area contributed by atoms with E-state index < -0.39 is 5.79 Å². The maximum absolute atomic E-state index is 5.39. The minimum atomic E-state index is -0.424. The lowest BCUT2D eigenvalue weighted by Gasteiger charge is -2.49. The molecule has 0 saturated carbocycles. The van der Waals surface area contributed by atoms with Gasteiger partial charge in [0.15, 0.2) is 0 Å². The van der Waals surface area contributed by atoms with Crippen molar-refractivity contribution in [3.8, 4) is 0 Å². The van der Waals surface area contributed by atoms with Crippen LogP contribution < -0.4 is 10.2 Å². The lowest BCUT2D eigenvalue weighted by molar-refractivity contribution is -0.219. The van der Waals surface area contributed by atoms with Gasteiger partial charge in [0.05, 0.1) is 13.1 Å². The molecule has 1 aliphatic heterocycles. The van der Waals surface area contributed by atoms with E-state index in [0.29, 0.717) is 0 Å². The van der Waals surface area contributed by atoms with E-state index in [1.165, 1.54) is 11.3 Å². The average molecular weight is 236 g/mol. The van der Waals surface area contributed by atoms with Gasteiger partial charge < -0.3 is 19.7 Å². The maximum Gasteiger partial charge on any atom is 0.203 e. The van der Waals surface area contributed by atoms with Crippen LogP contribution in [0.1, 0.15) is 5.56 Å². The molecule has 0 radical (unpaired) electrons. The van der Waals surface area contributed by atoms with Crippen molar-refractivity contribution in [3.63, 3.8) is 0 Å². The van der Waals surface area contributed by atoms with Gasteiger partial charge in [-0.05, 0) is 18.7 Å². The van der Waals surface area contributed by atoms with Gasteiger partial charge in [0.25, 0.3) is 0 Å². The molecule has 17 heavy (non-hydrogen) atoms. The van der Waals surface area contributed by atoms with E-state index in [0.717, 1.165) is 19.6 Å². The Balaban J connectivity index is 2.10. The number of para-hydroxylation sites is 1. The third-order valence-electron chi connectivity index (χ3n) is 3.31. The summed E-state index contributed by atoms with van der Waals surface area (Å²) in [6, 6.07) is 8.41. The molecule has 0 aromatic heterocycles. The smallest absolute Gasteiger partial charge is 0.203 e. The van der Waals surface area contributed by atoms with Crippen molar-refractivity contribution < 1.29 is 9.47 Å². The number of nitrogens with one attached hydrogen (secondary N) is 1. The highest BCUT2D eigenvalue weighted by Crippen LogP contribution is 2.32. The highest BCUT2D eigenvalue weighted by molar-refractivity contribution is 5.56. The van der Waals surface area contributed by atoms with Gasteiger partial charge in [-0.1, -0.05) is 18.2 Å². The predicted molar refractivity (Wildman–Crippen MR) is 68.2 cm³/mol. The molecule has 0 bridgehead atoms. The monoisotopic (exact) mass is 236 g/mol. The van der Waals surface area contributed by atoms with E-state index in [9.17, 15) is 0 Å². The average Bonchev–Trinajstić information content (AvgIpc) is 2.31. The summed E-state index contributed by atoms with van der Waals surface area (Å²) >= 11 is 0. The van der Waals surface area contributed by atoms with Crippen molar-refractivity contribution in [1.82, 2.24) is 5.32 Å². The highest BCUT2D eigenvalue weighted by atomic mass is 16.7. The summed E-state index contributed by atoms with van der Waals surface area (Å²) in [6.07, 6.45) is 0. The zero-order valence-corrected chi connectivity index (χ0v) is 10.7. The summed E-state index contributed by atoms with van der Waals surface area (Å²) in [6.45, 7) is 2.43. The van der Waals surface area contributed by atoms with Gasteiger partial charge in [0.2, 0.25) is 5.79 Å². The molecule has 2 rings (SSSR count). The van der Waals surface area contributed by atoms with Gasteiger partial charge in [-0.25, -0.2) is 0 Å². The zero-order valence-electron chi connectivity index (χ0n) is 10.7.